The van der Waals surface area contributed by atoms with Crippen LogP contribution in [0.5, 0.6) is 0 Å². The van der Waals surface area contributed by atoms with Crippen molar-refractivity contribution in [3.05, 3.63) is 23.6 Å². The van der Waals surface area contributed by atoms with E-state index in [-0.39, 0.29) is 5.75 Å². The molecule has 2 aromatic rings. The van der Waals surface area contributed by atoms with Gasteiger partial charge < -0.3 is 4.42 Å². The molecule has 0 saturated heterocycles. The van der Waals surface area contributed by atoms with Gasteiger partial charge in [0.05, 0.1) is 5.75 Å². The number of benzene rings is 1. The number of nitrogens with zero attached hydrogens (tertiary/aromatic N) is 1. The molecule has 0 spiro atoms. The standard InChI is InChI=1S/C14H17NO3S/c1-2-3-6-12-15-11-8-7-10-5-4-9-19(16,17)14(10)13(11)18-12/h7-8H,2-6,9H2,1H3. The average Bonchev–Trinajstić information content (AvgIpc) is 2.78. The van der Waals surface area contributed by atoms with E-state index in [0.717, 1.165) is 31.2 Å². The van der Waals surface area contributed by atoms with Gasteiger partial charge in [-0.2, -0.15) is 0 Å². The van der Waals surface area contributed by atoms with Crippen LogP contribution in [-0.2, 0) is 22.7 Å². The fraction of sp³-hybridized carbons (Fsp3) is 0.500. The first kappa shape index (κ1) is 12.7. The smallest absolute Gasteiger partial charge is 0.195 e. The Kier molecular flexibility index (Phi) is 3.09. The monoisotopic (exact) mass is 279 g/mol. The summed E-state index contributed by atoms with van der Waals surface area (Å²) < 4.78 is 30.2. The highest BCUT2D eigenvalue weighted by Gasteiger charge is 2.28. The number of aromatic nitrogens is 1. The molecule has 1 aliphatic rings. The molecule has 0 radical (unpaired) electrons. The zero-order chi connectivity index (χ0) is 13.5. The third kappa shape index (κ3) is 2.16. The summed E-state index contributed by atoms with van der Waals surface area (Å²) in [4.78, 5) is 4.77. The summed E-state index contributed by atoms with van der Waals surface area (Å²) in [5.41, 5.74) is 2.00. The van der Waals surface area contributed by atoms with Gasteiger partial charge in [-0.3, -0.25) is 0 Å². The van der Waals surface area contributed by atoms with E-state index in [1.54, 1.807) is 0 Å². The first-order valence-corrected chi connectivity index (χ1v) is 8.41. The van der Waals surface area contributed by atoms with Gasteiger partial charge in [-0.25, -0.2) is 13.4 Å². The molecule has 2 heterocycles. The van der Waals surface area contributed by atoms with Crippen molar-refractivity contribution < 1.29 is 12.8 Å². The Morgan fingerprint density at radius 2 is 2.21 bits per heavy atom. The van der Waals surface area contributed by atoms with Crippen LogP contribution in [-0.4, -0.2) is 19.2 Å². The van der Waals surface area contributed by atoms with E-state index >= 15 is 0 Å². The Morgan fingerprint density at radius 3 is 3.00 bits per heavy atom. The summed E-state index contributed by atoms with van der Waals surface area (Å²) in [5, 5.41) is 0. The van der Waals surface area contributed by atoms with Gasteiger partial charge in [0.2, 0.25) is 0 Å². The Hall–Kier alpha value is -1.36. The summed E-state index contributed by atoms with van der Waals surface area (Å²) in [6, 6.07) is 3.74. The zero-order valence-corrected chi connectivity index (χ0v) is 11.8. The van der Waals surface area contributed by atoms with Crippen molar-refractivity contribution >= 4 is 20.9 Å². The van der Waals surface area contributed by atoms with Gasteiger partial charge in [-0.05, 0) is 30.9 Å². The fourth-order valence-electron chi connectivity index (χ4n) is 2.58. The van der Waals surface area contributed by atoms with Gasteiger partial charge in [-0.15, -0.1) is 0 Å². The number of fused-ring (bicyclic) bond motifs is 3. The van der Waals surface area contributed by atoms with Crippen LogP contribution in [0.2, 0.25) is 0 Å². The number of hydrogen-bond donors (Lipinski definition) is 0. The maximum atomic E-state index is 12.2. The molecule has 0 unspecified atom stereocenters. The van der Waals surface area contributed by atoms with E-state index in [2.05, 4.69) is 11.9 Å². The molecule has 1 aliphatic heterocycles. The molecular formula is C14H17NO3S. The molecule has 0 aliphatic carbocycles. The number of aryl methyl sites for hydroxylation is 2. The fourth-order valence-corrected chi connectivity index (χ4v) is 4.31. The van der Waals surface area contributed by atoms with Crippen molar-refractivity contribution in [1.29, 1.82) is 0 Å². The molecule has 0 amide bonds. The maximum Gasteiger partial charge on any atom is 0.195 e. The molecule has 0 saturated carbocycles. The largest absolute Gasteiger partial charge is 0.439 e. The summed E-state index contributed by atoms with van der Waals surface area (Å²) in [5.74, 6) is 0.857. The van der Waals surface area contributed by atoms with Crippen molar-refractivity contribution in [3.63, 3.8) is 0 Å². The minimum atomic E-state index is -3.21. The first-order chi connectivity index (χ1) is 9.12. The van der Waals surface area contributed by atoms with Crippen LogP contribution >= 0.6 is 0 Å². The lowest BCUT2D eigenvalue weighted by atomic mass is 10.1. The molecule has 4 nitrogen and oxygen atoms in total. The van der Waals surface area contributed by atoms with Crippen LogP contribution in [0.4, 0.5) is 0 Å². The second-order valence-electron chi connectivity index (χ2n) is 5.04. The molecule has 1 aromatic heterocycles. The predicted molar refractivity (Wildman–Crippen MR) is 73.0 cm³/mol. The molecule has 102 valence electrons. The summed E-state index contributed by atoms with van der Waals surface area (Å²) >= 11 is 0. The second-order valence-corrected chi connectivity index (χ2v) is 7.08. The minimum absolute atomic E-state index is 0.212. The van der Waals surface area contributed by atoms with Gasteiger partial charge in [0.25, 0.3) is 0 Å². The van der Waals surface area contributed by atoms with Crippen molar-refractivity contribution in [1.82, 2.24) is 4.98 Å². The molecule has 0 bridgehead atoms. The molecule has 0 N–H and O–H groups in total. The lowest BCUT2D eigenvalue weighted by Crippen LogP contribution is -2.16. The van der Waals surface area contributed by atoms with Crippen molar-refractivity contribution in [2.45, 2.75) is 43.9 Å². The molecule has 3 rings (SSSR count). The minimum Gasteiger partial charge on any atom is -0.439 e. The van der Waals surface area contributed by atoms with Crippen LogP contribution in [0.15, 0.2) is 21.4 Å². The van der Waals surface area contributed by atoms with Crippen LogP contribution in [0.25, 0.3) is 11.1 Å². The SMILES string of the molecule is CCCCc1nc2ccc3c(c2o1)S(=O)(=O)CCC3. The van der Waals surface area contributed by atoms with Gasteiger partial charge >= 0.3 is 0 Å². The predicted octanol–water partition coefficient (Wildman–Crippen LogP) is 2.89. The lowest BCUT2D eigenvalue weighted by Gasteiger charge is -2.15. The number of unbranched alkanes of at least 4 members (excludes halogenated alkanes) is 1. The lowest BCUT2D eigenvalue weighted by molar-refractivity contribution is 0.509. The highest BCUT2D eigenvalue weighted by molar-refractivity contribution is 7.91. The van der Waals surface area contributed by atoms with E-state index in [1.807, 2.05) is 12.1 Å². The number of rotatable bonds is 3. The molecule has 0 atom stereocenters. The quantitative estimate of drug-likeness (QED) is 0.866. The Labute approximate surface area is 112 Å². The van der Waals surface area contributed by atoms with Crippen LogP contribution in [0.1, 0.15) is 37.6 Å². The Bertz CT molecular complexity index is 716. The summed E-state index contributed by atoms with van der Waals surface area (Å²) in [6.45, 7) is 2.11. The second kappa shape index (κ2) is 4.63. The van der Waals surface area contributed by atoms with E-state index in [9.17, 15) is 8.42 Å². The van der Waals surface area contributed by atoms with Crippen LogP contribution < -0.4 is 0 Å². The third-order valence-electron chi connectivity index (χ3n) is 3.55. The first-order valence-electron chi connectivity index (χ1n) is 6.76. The van der Waals surface area contributed by atoms with E-state index in [1.165, 1.54) is 0 Å². The van der Waals surface area contributed by atoms with Gasteiger partial charge in [0, 0.05) is 6.42 Å². The molecule has 5 heteroatoms. The average molecular weight is 279 g/mol. The number of oxazole rings is 1. The molecule has 1 aromatic carbocycles. The third-order valence-corrected chi connectivity index (χ3v) is 5.45. The van der Waals surface area contributed by atoms with Crippen molar-refractivity contribution in [2.75, 3.05) is 5.75 Å². The van der Waals surface area contributed by atoms with E-state index < -0.39 is 9.84 Å². The van der Waals surface area contributed by atoms with Crippen molar-refractivity contribution in [2.24, 2.45) is 0 Å². The van der Waals surface area contributed by atoms with Crippen molar-refractivity contribution in [3.8, 4) is 0 Å². The maximum absolute atomic E-state index is 12.2. The van der Waals surface area contributed by atoms with Gasteiger partial charge in [0.1, 0.15) is 10.4 Å². The van der Waals surface area contributed by atoms with Gasteiger partial charge in [0.15, 0.2) is 21.3 Å². The molecular weight excluding hydrogens is 262 g/mol. The highest BCUT2D eigenvalue weighted by atomic mass is 32.2. The molecule has 0 fully saturated rings. The van der Waals surface area contributed by atoms with Crippen LogP contribution in [0.3, 0.4) is 0 Å². The Morgan fingerprint density at radius 1 is 1.37 bits per heavy atom. The normalized spacial score (nSPS) is 17.5. The summed E-state index contributed by atoms with van der Waals surface area (Å²) in [7, 11) is -3.21. The van der Waals surface area contributed by atoms with E-state index in [4.69, 9.17) is 4.42 Å². The number of sulfone groups is 1. The van der Waals surface area contributed by atoms with E-state index in [0.29, 0.717) is 28.3 Å². The Balaban J connectivity index is 2.18. The van der Waals surface area contributed by atoms with Gasteiger partial charge in [-0.1, -0.05) is 19.4 Å². The highest BCUT2D eigenvalue weighted by Crippen LogP contribution is 2.33. The van der Waals surface area contributed by atoms with Crippen LogP contribution in [0, 0.1) is 0 Å². The summed E-state index contributed by atoms with van der Waals surface area (Å²) in [6.07, 6.45) is 4.32. The molecule has 19 heavy (non-hydrogen) atoms. The topological polar surface area (TPSA) is 60.2 Å². The number of hydrogen-bond acceptors (Lipinski definition) is 4. The zero-order valence-electron chi connectivity index (χ0n) is 11.0.